The van der Waals surface area contributed by atoms with Crippen LogP contribution in [0, 0.1) is 5.92 Å². The summed E-state index contributed by atoms with van der Waals surface area (Å²) in [6, 6.07) is -0.411. The van der Waals surface area contributed by atoms with Crippen molar-refractivity contribution >= 4 is 59.1 Å². The van der Waals surface area contributed by atoms with Crippen molar-refractivity contribution in [3.63, 3.8) is 0 Å². The van der Waals surface area contributed by atoms with Crippen molar-refractivity contribution in [1.29, 1.82) is 0 Å². The van der Waals surface area contributed by atoms with E-state index < -0.39 is 126 Å². The van der Waals surface area contributed by atoms with Crippen LogP contribution in [0.5, 0.6) is 0 Å². The Labute approximate surface area is 427 Å². The first kappa shape index (κ1) is 64.7. The maximum absolute atomic E-state index is 14.2. The fourth-order valence-electron chi connectivity index (χ4n) is 7.02. The number of nitrogens with one attached hydrogen (secondary N) is 10. The van der Waals surface area contributed by atoms with Crippen LogP contribution in [0.1, 0.15) is 92.1 Å². The van der Waals surface area contributed by atoms with E-state index in [0.717, 1.165) is 0 Å². The minimum atomic E-state index is -1.34. The van der Waals surface area contributed by atoms with Crippen LogP contribution in [0.3, 0.4) is 0 Å². The van der Waals surface area contributed by atoms with E-state index in [2.05, 4.69) is 53.2 Å². The van der Waals surface area contributed by atoms with Crippen molar-refractivity contribution in [2.45, 2.75) is 147 Å². The van der Waals surface area contributed by atoms with Gasteiger partial charge in [0.1, 0.15) is 42.3 Å². The predicted molar refractivity (Wildman–Crippen MR) is 272 cm³/mol. The van der Waals surface area contributed by atoms with Gasteiger partial charge in [-0.2, -0.15) is 0 Å². The van der Waals surface area contributed by atoms with Gasteiger partial charge in [-0.05, 0) is 104 Å². The lowest BCUT2D eigenvalue weighted by Gasteiger charge is -2.28. The molecule has 0 aliphatic rings. The van der Waals surface area contributed by atoms with E-state index in [1.807, 2.05) is 0 Å². The highest BCUT2D eigenvalue weighted by molar-refractivity contribution is 5.98. The first-order valence-corrected chi connectivity index (χ1v) is 24.6. The van der Waals surface area contributed by atoms with Gasteiger partial charge in [0.25, 0.3) is 0 Å². The SMILES string of the molecule is CCNC(=O)C(NC(=O)[C@H](CCN)NC(=O)[C@H](CCN)NC(=O)[C@H](CC(C)C)NC(=O)[C@@H](Cc1ccccc1)NC(=O)[C@H](CCN)NC(=O)CNC(=O)[C@H](CCN)NC(=O)CNC(=O)CCC(C)(C)N)C(C)O. The Bertz CT molecular complexity index is 1950. The molecule has 412 valence electrons. The quantitative estimate of drug-likeness (QED) is 0.0301. The number of likely N-dealkylation sites (N-methyl/N-ethyl adjacent to an activating group) is 1. The van der Waals surface area contributed by atoms with Gasteiger partial charge >= 0.3 is 0 Å². The predicted octanol–water partition coefficient (Wildman–Crippen LogP) is -5.67. The average molecular weight is 1030 g/mol. The summed E-state index contributed by atoms with van der Waals surface area (Å²) in [5.41, 5.74) is 29.0. The van der Waals surface area contributed by atoms with Crippen LogP contribution in [0.15, 0.2) is 30.3 Å². The molecule has 0 radical (unpaired) electrons. The van der Waals surface area contributed by atoms with E-state index in [1.54, 1.807) is 65.0 Å². The number of amides is 10. The van der Waals surface area contributed by atoms with Gasteiger partial charge in [0, 0.05) is 24.9 Å². The fraction of sp³-hybridized carbons (Fsp3) is 0.660. The van der Waals surface area contributed by atoms with E-state index in [0.29, 0.717) is 12.0 Å². The molecule has 1 rings (SSSR count). The number of carbonyl (C=O) groups is 10. The van der Waals surface area contributed by atoms with Gasteiger partial charge in [0.15, 0.2) is 0 Å². The molecule has 73 heavy (non-hydrogen) atoms. The molecule has 26 heteroatoms. The first-order chi connectivity index (χ1) is 34.4. The molecule has 1 aromatic carbocycles. The molecule has 8 atom stereocenters. The highest BCUT2D eigenvalue weighted by Crippen LogP contribution is 2.11. The summed E-state index contributed by atoms with van der Waals surface area (Å²) in [5.74, 6) is -7.55. The molecule has 26 nitrogen and oxygen atoms in total. The van der Waals surface area contributed by atoms with Crippen LogP contribution in [0.2, 0.25) is 0 Å². The summed E-state index contributed by atoms with van der Waals surface area (Å²) in [6.07, 6.45) is -1.12. The molecule has 0 saturated carbocycles. The first-order valence-electron chi connectivity index (χ1n) is 24.6. The Hall–Kier alpha value is -6.32. The third kappa shape index (κ3) is 26.3. The highest BCUT2D eigenvalue weighted by atomic mass is 16.3. The Morgan fingerprint density at radius 3 is 1.38 bits per heavy atom. The summed E-state index contributed by atoms with van der Waals surface area (Å²) < 4.78 is 0. The van der Waals surface area contributed by atoms with Crippen LogP contribution in [-0.4, -0.2) is 164 Å². The normalized spacial score (nSPS) is 14.5. The van der Waals surface area contributed by atoms with Gasteiger partial charge in [-0.1, -0.05) is 44.2 Å². The lowest BCUT2D eigenvalue weighted by atomic mass is 10.00. The number of aliphatic hydroxyl groups excluding tert-OH is 1. The Morgan fingerprint density at radius 1 is 0.521 bits per heavy atom. The van der Waals surface area contributed by atoms with Gasteiger partial charge in [-0.3, -0.25) is 47.9 Å². The third-order valence-electron chi connectivity index (χ3n) is 10.9. The van der Waals surface area contributed by atoms with Crippen molar-refractivity contribution in [3.05, 3.63) is 35.9 Å². The van der Waals surface area contributed by atoms with Gasteiger partial charge in [-0.15, -0.1) is 0 Å². The van der Waals surface area contributed by atoms with Crippen LogP contribution in [-0.2, 0) is 54.4 Å². The average Bonchev–Trinajstić information content (AvgIpc) is 3.32. The molecule has 0 aliphatic heterocycles. The summed E-state index contributed by atoms with van der Waals surface area (Å²) >= 11 is 0. The molecule has 0 bridgehead atoms. The van der Waals surface area contributed by atoms with Gasteiger partial charge < -0.3 is 86.9 Å². The molecule has 0 aromatic heterocycles. The van der Waals surface area contributed by atoms with E-state index in [-0.39, 0.29) is 83.6 Å². The van der Waals surface area contributed by atoms with Gasteiger partial charge in [-0.25, -0.2) is 0 Å². The molecule has 10 amide bonds. The third-order valence-corrected chi connectivity index (χ3v) is 10.9. The number of hydrogen-bond donors (Lipinski definition) is 16. The number of rotatable bonds is 35. The van der Waals surface area contributed by atoms with E-state index >= 15 is 0 Å². The standard InChI is InChI=1S/C47H83N15O11/c1-7-53-46(73)39(28(4)63)62-43(70)33(17-22-51)58-42(69)32(16-21-50)59-44(71)34(23-27(2)3)60-45(72)35(24-29-11-9-8-10-12-29)61-41(68)31(15-20-49)57-38(66)26-55-40(67)30(14-19-48)56-37(65)25-54-36(64)13-18-47(5,6)52/h8-12,27-28,30-35,39,63H,7,13-26,48-52H2,1-6H3,(H,53,73)(H,54,64)(H,55,67)(H,56,65)(H,57,66)(H,58,69)(H,59,71)(H,60,72)(H,61,68)(H,62,70)/t28?,30-,31-,32-,33-,34-,35+,39?/m0/s1. The Balaban J connectivity index is 3.24. The van der Waals surface area contributed by atoms with E-state index in [4.69, 9.17) is 28.7 Å². The van der Waals surface area contributed by atoms with E-state index in [9.17, 15) is 53.1 Å². The second kappa shape index (κ2) is 34.2. The van der Waals surface area contributed by atoms with Crippen LogP contribution in [0.4, 0.5) is 0 Å². The van der Waals surface area contributed by atoms with Crippen LogP contribution in [0.25, 0.3) is 0 Å². The molecule has 0 saturated heterocycles. The minimum absolute atomic E-state index is 0.00825. The number of aliphatic hydroxyl groups is 1. The summed E-state index contributed by atoms with van der Waals surface area (Å²) in [4.78, 5) is 133. The largest absolute Gasteiger partial charge is 0.391 e. The maximum atomic E-state index is 14.2. The second-order valence-corrected chi connectivity index (χ2v) is 18.7. The molecule has 0 heterocycles. The number of benzene rings is 1. The fourth-order valence-corrected chi connectivity index (χ4v) is 7.02. The highest BCUT2D eigenvalue weighted by Gasteiger charge is 2.34. The lowest BCUT2D eigenvalue weighted by Crippen LogP contribution is -2.61. The van der Waals surface area contributed by atoms with Crippen molar-refractivity contribution in [2.24, 2.45) is 34.6 Å². The number of carbonyl (C=O) groups excluding carboxylic acids is 10. The summed E-state index contributed by atoms with van der Waals surface area (Å²) in [5, 5.41) is 35.5. The van der Waals surface area contributed by atoms with Crippen molar-refractivity contribution in [3.8, 4) is 0 Å². The number of hydrogen-bond acceptors (Lipinski definition) is 16. The van der Waals surface area contributed by atoms with Crippen molar-refractivity contribution in [1.82, 2.24) is 53.2 Å². The molecule has 2 unspecified atom stereocenters. The van der Waals surface area contributed by atoms with Gasteiger partial charge in [0.05, 0.1) is 19.2 Å². The zero-order valence-electron chi connectivity index (χ0n) is 43.1. The number of nitrogens with two attached hydrogens (primary N) is 5. The molecule has 1 aromatic rings. The maximum Gasteiger partial charge on any atom is 0.245 e. The zero-order chi connectivity index (χ0) is 55.3. The van der Waals surface area contributed by atoms with Crippen molar-refractivity contribution < 1.29 is 53.1 Å². The molecule has 0 aliphatic carbocycles. The smallest absolute Gasteiger partial charge is 0.245 e. The molecular formula is C47H83N15O11. The summed E-state index contributed by atoms with van der Waals surface area (Å²) in [6.45, 7) is 8.99. The molecule has 0 spiro atoms. The Kier molecular flexibility index (Phi) is 30.3. The van der Waals surface area contributed by atoms with Crippen LogP contribution < -0.4 is 81.8 Å². The van der Waals surface area contributed by atoms with E-state index in [1.165, 1.54) is 6.92 Å². The van der Waals surface area contributed by atoms with Crippen LogP contribution >= 0.6 is 0 Å². The molecule has 21 N–H and O–H groups in total. The second-order valence-electron chi connectivity index (χ2n) is 18.7. The van der Waals surface area contributed by atoms with Crippen molar-refractivity contribution in [2.75, 3.05) is 45.8 Å². The zero-order valence-corrected chi connectivity index (χ0v) is 43.1. The molecular weight excluding hydrogens is 951 g/mol. The van der Waals surface area contributed by atoms with Gasteiger partial charge in [0.2, 0.25) is 59.1 Å². The monoisotopic (exact) mass is 1030 g/mol. The molecule has 0 fully saturated rings. The lowest BCUT2D eigenvalue weighted by molar-refractivity contribution is -0.136. The topological polar surface area (TPSA) is 441 Å². The summed E-state index contributed by atoms with van der Waals surface area (Å²) in [7, 11) is 0. The Morgan fingerprint density at radius 2 is 0.932 bits per heavy atom. The minimum Gasteiger partial charge on any atom is -0.391 e.